The largest absolute Gasteiger partial charge is 0.396 e. The molecule has 0 saturated carbocycles. The van der Waals surface area contributed by atoms with Gasteiger partial charge in [0.25, 0.3) is 0 Å². The molecule has 1 rings (SSSR count). The molecule has 0 spiro atoms. The highest BCUT2D eigenvalue weighted by atomic mass is 16.5. The molecule has 0 aliphatic carbocycles. The third kappa shape index (κ3) is 6.06. The zero-order valence-corrected chi connectivity index (χ0v) is 13.1. The fourth-order valence-electron chi connectivity index (χ4n) is 2.87. The lowest BCUT2D eigenvalue weighted by Gasteiger charge is -2.34. The van der Waals surface area contributed by atoms with Crippen molar-refractivity contribution in [1.82, 2.24) is 0 Å². The molecule has 0 heterocycles. The first-order valence-corrected chi connectivity index (χ1v) is 8.05. The highest BCUT2D eigenvalue weighted by molar-refractivity contribution is 5.15. The molecule has 2 nitrogen and oxygen atoms in total. The van der Waals surface area contributed by atoms with Gasteiger partial charge in [-0.3, -0.25) is 0 Å². The maximum atomic E-state index is 8.95. The van der Waals surface area contributed by atoms with Crippen molar-refractivity contribution in [2.45, 2.75) is 64.4 Å². The summed E-state index contributed by atoms with van der Waals surface area (Å²) in [5, 5.41) is 8.95. The number of aliphatic hydroxyl groups excluding tert-OH is 1. The fraction of sp³-hybridized carbons (Fsp3) is 0.667. The van der Waals surface area contributed by atoms with Crippen LogP contribution in [0.25, 0.3) is 0 Å². The van der Waals surface area contributed by atoms with Gasteiger partial charge in [0.15, 0.2) is 0 Å². The average Bonchev–Trinajstić information content (AvgIpc) is 2.47. The van der Waals surface area contributed by atoms with Gasteiger partial charge in [-0.15, -0.1) is 0 Å². The second-order valence-corrected chi connectivity index (χ2v) is 5.59. The molecule has 0 aliphatic heterocycles. The van der Waals surface area contributed by atoms with Crippen LogP contribution in [0, 0.1) is 0 Å². The normalized spacial score (nSPS) is 11.8. The van der Waals surface area contributed by atoms with E-state index in [1.807, 2.05) is 0 Å². The van der Waals surface area contributed by atoms with E-state index in [1.165, 1.54) is 5.56 Å². The molecule has 0 amide bonds. The Bertz CT molecular complexity index is 329. The molecular weight excluding hydrogens is 248 g/mol. The lowest BCUT2D eigenvalue weighted by atomic mass is 9.86. The van der Waals surface area contributed by atoms with Crippen molar-refractivity contribution in [2.24, 2.45) is 0 Å². The number of hydrogen-bond acceptors (Lipinski definition) is 2. The van der Waals surface area contributed by atoms with Crippen LogP contribution in [0.4, 0.5) is 0 Å². The van der Waals surface area contributed by atoms with Crippen LogP contribution in [0.15, 0.2) is 30.3 Å². The lowest BCUT2D eigenvalue weighted by molar-refractivity contribution is -0.0678. The van der Waals surface area contributed by atoms with Crippen molar-refractivity contribution in [2.75, 3.05) is 13.2 Å². The third-order valence-corrected chi connectivity index (χ3v) is 3.83. The quantitative estimate of drug-likeness (QED) is 0.609. The van der Waals surface area contributed by atoms with E-state index in [4.69, 9.17) is 9.84 Å². The molecular formula is C18H30O2. The van der Waals surface area contributed by atoms with Gasteiger partial charge in [-0.05, 0) is 37.7 Å². The Balaban J connectivity index is 2.63. The number of benzene rings is 1. The van der Waals surface area contributed by atoms with Crippen molar-refractivity contribution in [3.63, 3.8) is 0 Å². The summed E-state index contributed by atoms with van der Waals surface area (Å²) in [6.07, 6.45) is 7.39. The highest BCUT2D eigenvalue weighted by Crippen LogP contribution is 2.30. The monoisotopic (exact) mass is 278 g/mol. The number of ether oxygens (including phenoxy) is 1. The standard InChI is InChI=1S/C18H30O2/c1-3-12-18(13-4-2,20-16-8-15-19)14-11-17-9-6-5-7-10-17/h5-7,9-10,19H,3-4,8,11-16H2,1-2H3. The molecule has 0 saturated heterocycles. The number of hydrogen-bond donors (Lipinski definition) is 1. The molecule has 1 aromatic rings. The third-order valence-electron chi connectivity index (χ3n) is 3.83. The van der Waals surface area contributed by atoms with Gasteiger partial charge in [0.1, 0.15) is 0 Å². The summed E-state index contributed by atoms with van der Waals surface area (Å²) < 4.78 is 6.21. The maximum Gasteiger partial charge on any atom is 0.0685 e. The smallest absolute Gasteiger partial charge is 0.0685 e. The molecule has 0 atom stereocenters. The zero-order chi connectivity index (χ0) is 14.7. The topological polar surface area (TPSA) is 29.5 Å². The summed E-state index contributed by atoms with van der Waals surface area (Å²) in [7, 11) is 0. The molecule has 0 aromatic heterocycles. The van der Waals surface area contributed by atoms with E-state index >= 15 is 0 Å². The minimum absolute atomic E-state index is 0.00545. The summed E-state index contributed by atoms with van der Waals surface area (Å²) in [6.45, 7) is 5.34. The van der Waals surface area contributed by atoms with Crippen LogP contribution in [-0.2, 0) is 11.2 Å². The molecule has 0 bridgehead atoms. The van der Waals surface area contributed by atoms with Gasteiger partial charge in [0.2, 0.25) is 0 Å². The summed E-state index contributed by atoms with van der Waals surface area (Å²) in [4.78, 5) is 0. The van der Waals surface area contributed by atoms with Gasteiger partial charge in [-0.25, -0.2) is 0 Å². The Labute approximate surface area is 124 Å². The van der Waals surface area contributed by atoms with Crippen LogP contribution in [0.5, 0.6) is 0 Å². The number of aryl methyl sites for hydroxylation is 1. The van der Waals surface area contributed by atoms with Crippen molar-refractivity contribution in [3.05, 3.63) is 35.9 Å². The SMILES string of the molecule is CCCC(CCC)(CCc1ccccc1)OCCCO. The molecule has 2 heteroatoms. The van der Waals surface area contributed by atoms with E-state index in [0.717, 1.165) is 44.9 Å². The fourth-order valence-corrected chi connectivity index (χ4v) is 2.87. The van der Waals surface area contributed by atoms with Gasteiger partial charge < -0.3 is 9.84 Å². The molecule has 1 N–H and O–H groups in total. The zero-order valence-electron chi connectivity index (χ0n) is 13.1. The lowest BCUT2D eigenvalue weighted by Crippen LogP contribution is -2.34. The van der Waals surface area contributed by atoms with Crippen molar-refractivity contribution in [3.8, 4) is 0 Å². The average molecular weight is 278 g/mol. The summed E-state index contributed by atoms with van der Waals surface area (Å²) >= 11 is 0. The minimum atomic E-state index is -0.00545. The van der Waals surface area contributed by atoms with E-state index in [0.29, 0.717) is 6.61 Å². The highest BCUT2D eigenvalue weighted by Gasteiger charge is 2.28. The Morgan fingerprint density at radius 2 is 1.65 bits per heavy atom. The summed E-state index contributed by atoms with van der Waals surface area (Å²) in [6, 6.07) is 10.6. The van der Waals surface area contributed by atoms with E-state index in [-0.39, 0.29) is 12.2 Å². The van der Waals surface area contributed by atoms with Crippen LogP contribution < -0.4 is 0 Å². The minimum Gasteiger partial charge on any atom is -0.396 e. The first kappa shape index (κ1) is 17.2. The summed E-state index contributed by atoms with van der Waals surface area (Å²) in [5.74, 6) is 0. The van der Waals surface area contributed by atoms with Crippen LogP contribution in [0.3, 0.4) is 0 Å². The van der Waals surface area contributed by atoms with E-state index in [9.17, 15) is 0 Å². The molecule has 20 heavy (non-hydrogen) atoms. The van der Waals surface area contributed by atoms with Crippen LogP contribution in [0.1, 0.15) is 57.9 Å². The predicted octanol–water partition coefficient (Wildman–Crippen LogP) is 4.36. The first-order valence-electron chi connectivity index (χ1n) is 8.05. The molecule has 0 radical (unpaired) electrons. The molecule has 114 valence electrons. The Kier molecular flexibility index (Phi) is 8.56. The molecule has 0 aliphatic rings. The van der Waals surface area contributed by atoms with E-state index < -0.39 is 0 Å². The Morgan fingerprint density at radius 3 is 2.20 bits per heavy atom. The number of aliphatic hydroxyl groups is 1. The van der Waals surface area contributed by atoms with Crippen molar-refractivity contribution < 1.29 is 9.84 Å². The summed E-state index contributed by atoms with van der Waals surface area (Å²) in [5.41, 5.74) is 1.38. The maximum absolute atomic E-state index is 8.95. The van der Waals surface area contributed by atoms with E-state index in [1.54, 1.807) is 0 Å². The Hall–Kier alpha value is -0.860. The van der Waals surface area contributed by atoms with E-state index in [2.05, 4.69) is 44.2 Å². The van der Waals surface area contributed by atoms with Crippen molar-refractivity contribution in [1.29, 1.82) is 0 Å². The van der Waals surface area contributed by atoms with Gasteiger partial charge in [-0.2, -0.15) is 0 Å². The molecule has 0 unspecified atom stereocenters. The van der Waals surface area contributed by atoms with Crippen LogP contribution >= 0.6 is 0 Å². The van der Waals surface area contributed by atoms with Gasteiger partial charge >= 0.3 is 0 Å². The first-order chi connectivity index (χ1) is 9.76. The van der Waals surface area contributed by atoms with Crippen molar-refractivity contribution >= 4 is 0 Å². The Morgan fingerprint density at radius 1 is 1.00 bits per heavy atom. The number of rotatable bonds is 11. The second kappa shape index (κ2) is 9.95. The molecule has 1 aromatic carbocycles. The van der Waals surface area contributed by atoms with Crippen LogP contribution in [0.2, 0.25) is 0 Å². The predicted molar refractivity (Wildman–Crippen MR) is 85.0 cm³/mol. The molecule has 0 fully saturated rings. The van der Waals surface area contributed by atoms with Gasteiger partial charge in [-0.1, -0.05) is 57.0 Å². The van der Waals surface area contributed by atoms with Gasteiger partial charge in [0.05, 0.1) is 5.60 Å². The van der Waals surface area contributed by atoms with Crippen LogP contribution in [-0.4, -0.2) is 23.9 Å². The van der Waals surface area contributed by atoms with Gasteiger partial charge in [0, 0.05) is 13.2 Å². The second-order valence-electron chi connectivity index (χ2n) is 5.59.